The van der Waals surface area contributed by atoms with Crippen LogP contribution in [-0.4, -0.2) is 32.7 Å². The van der Waals surface area contributed by atoms with Gasteiger partial charge in [-0.15, -0.1) is 12.4 Å². The van der Waals surface area contributed by atoms with Gasteiger partial charge in [0.25, 0.3) is 0 Å². The van der Waals surface area contributed by atoms with Crippen molar-refractivity contribution in [2.24, 2.45) is 0 Å². The molecule has 2 N–H and O–H groups in total. The van der Waals surface area contributed by atoms with Crippen LogP contribution in [0.5, 0.6) is 11.5 Å². The number of halogens is 1. The number of ether oxygens (including phenoxy) is 2. The molecule has 1 saturated heterocycles. The number of methoxy groups -OCH3 is 2. The van der Waals surface area contributed by atoms with Crippen molar-refractivity contribution < 1.29 is 14.3 Å². The van der Waals surface area contributed by atoms with Gasteiger partial charge in [0.05, 0.1) is 20.3 Å². The summed E-state index contributed by atoms with van der Waals surface area (Å²) in [5, 5.41) is 6.03. The summed E-state index contributed by atoms with van der Waals surface area (Å²) in [5.41, 5.74) is 0.685. The molecule has 1 fully saturated rings. The summed E-state index contributed by atoms with van der Waals surface area (Å²) in [6.45, 7) is 0.902. The Kier molecular flexibility index (Phi) is 5.92. The van der Waals surface area contributed by atoms with Crippen molar-refractivity contribution in [2.45, 2.75) is 18.9 Å². The van der Waals surface area contributed by atoms with E-state index < -0.39 is 0 Å². The quantitative estimate of drug-likeness (QED) is 0.886. The van der Waals surface area contributed by atoms with Crippen LogP contribution in [0.2, 0.25) is 0 Å². The van der Waals surface area contributed by atoms with E-state index in [1.807, 2.05) is 0 Å². The molecule has 106 valence electrons. The van der Waals surface area contributed by atoms with E-state index in [9.17, 15) is 4.79 Å². The summed E-state index contributed by atoms with van der Waals surface area (Å²) in [7, 11) is 3.16. The maximum absolute atomic E-state index is 12.0. The lowest BCUT2D eigenvalue weighted by Gasteiger charge is -2.13. The third-order valence-electron chi connectivity index (χ3n) is 3.00. The Morgan fingerprint density at radius 3 is 2.37 bits per heavy atom. The van der Waals surface area contributed by atoms with Crippen LogP contribution < -0.4 is 20.1 Å². The molecule has 0 saturated carbocycles. The van der Waals surface area contributed by atoms with Crippen LogP contribution in [0.4, 0.5) is 5.69 Å². The molecule has 1 aromatic rings. The second kappa shape index (κ2) is 7.21. The third-order valence-corrected chi connectivity index (χ3v) is 3.00. The fraction of sp³-hybridized carbons (Fsp3) is 0.462. The molecular formula is C13H19ClN2O3. The summed E-state index contributed by atoms with van der Waals surface area (Å²) in [5.74, 6) is 1.30. The lowest BCUT2D eigenvalue weighted by atomic mass is 10.2. The van der Waals surface area contributed by atoms with E-state index in [0.29, 0.717) is 17.2 Å². The fourth-order valence-corrected chi connectivity index (χ4v) is 2.02. The summed E-state index contributed by atoms with van der Waals surface area (Å²) in [4.78, 5) is 12.0. The summed E-state index contributed by atoms with van der Waals surface area (Å²) in [6.07, 6.45) is 1.92. The average Bonchev–Trinajstić information content (AvgIpc) is 2.92. The molecule has 0 aliphatic carbocycles. The van der Waals surface area contributed by atoms with Gasteiger partial charge < -0.3 is 20.1 Å². The normalized spacial score (nSPS) is 17.5. The van der Waals surface area contributed by atoms with Gasteiger partial charge in [0.2, 0.25) is 5.91 Å². The zero-order chi connectivity index (χ0) is 13.0. The van der Waals surface area contributed by atoms with Crippen LogP contribution in [0.25, 0.3) is 0 Å². The predicted molar refractivity (Wildman–Crippen MR) is 76.4 cm³/mol. The number of anilines is 1. The maximum Gasteiger partial charge on any atom is 0.241 e. The number of carbonyl (C=O) groups is 1. The highest BCUT2D eigenvalue weighted by Crippen LogP contribution is 2.26. The standard InChI is InChI=1S/C13H18N2O3.ClH/c1-17-10-6-9(7-11(8-10)18-2)15-13(16)12-4-3-5-14-12;/h6-8,12,14H,3-5H2,1-2H3,(H,15,16);1H. The minimum absolute atomic E-state index is 0. The van der Waals surface area contributed by atoms with Crippen molar-refractivity contribution in [1.82, 2.24) is 5.32 Å². The van der Waals surface area contributed by atoms with Gasteiger partial charge in [0.1, 0.15) is 11.5 Å². The van der Waals surface area contributed by atoms with Crippen LogP contribution in [-0.2, 0) is 4.79 Å². The monoisotopic (exact) mass is 286 g/mol. The molecule has 1 aliphatic heterocycles. The predicted octanol–water partition coefficient (Wildman–Crippen LogP) is 1.82. The zero-order valence-corrected chi connectivity index (χ0v) is 11.9. The van der Waals surface area contributed by atoms with Crippen molar-refractivity contribution in [1.29, 1.82) is 0 Å². The highest BCUT2D eigenvalue weighted by molar-refractivity contribution is 5.95. The molecule has 1 atom stereocenters. The maximum atomic E-state index is 12.0. The van der Waals surface area contributed by atoms with Crippen molar-refractivity contribution in [2.75, 3.05) is 26.1 Å². The van der Waals surface area contributed by atoms with Gasteiger partial charge in [-0.3, -0.25) is 4.79 Å². The first kappa shape index (κ1) is 15.6. The lowest BCUT2D eigenvalue weighted by Crippen LogP contribution is -2.35. The number of rotatable bonds is 4. The van der Waals surface area contributed by atoms with Gasteiger partial charge in [-0.2, -0.15) is 0 Å². The van der Waals surface area contributed by atoms with Gasteiger partial charge in [0, 0.05) is 23.9 Å². The highest BCUT2D eigenvalue weighted by atomic mass is 35.5. The second-order valence-electron chi connectivity index (χ2n) is 4.24. The van der Waals surface area contributed by atoms with Gasteiger partial charge in [-0.05, 0) is 19.4 Å². The third kappa shape index (κ3) is 4.01. The van der Waals surface area contributed by atoms with Crippen molar-refractivity contribution >= 4 is 24.0 Å². The molecular weight excluding hydrogens is 268 g/mol. The smallest absolute Gasteiger partial charge is 0.241 e. The number of amides is 1. The molecule has 0 aromatic heterocycles. The van der Waals surface area contributed by atoms with Crippen LogP contribution in [0, 0.1) is 0 Å². The Morgan fingerprint density at radius 2 is 1.89 bits per heavy atom. The Bertz CT molecular complexity index is 412. The number of hydrogen-bond acceptors (Lipinski definition) is 4. The first-order chi connectivity index (χ1) is 8.72. The topological polar surface area (TPSA) is 59.6 Å². The Morgan fingerprint density at radius 1 is 1.26 bits per heavy atom. The zero-order valence-electron chi connectivity index (χ0n) is 11.1. The molecule has 2 rings (SSSR count). The Balaban J connectivity index is 0.00000180. The first-order valence-electron chi connectivity index (χ1n) is 6.00. The molecule has 1 aliphatic rings. The van der Waals surface area contributed by atoms with Crippen molar-refractivity contribution in [3.8, 4) is 11.5 Å². The van der Waals surface area contributed by atoms with Crippen LogP contribution in [0.1, 0.15) is 12.8 Å². The summed E-state index contributed by atoms with van der Waals surface area (Å²) >= 11 is 0. The molecule has 19 heavy (non-hydrogen) atoms. The Labute approximate surface area is 119 Å². The van der Waals surface area contributed by atoms with Crippen LogP contribution in [0.3, 0.4) is 0 Å². The largest absolute Gasteiger partial charge is 0.497 e. The van der Waals surface area contributed by atoms with Gasteiger partial charge in [-0.25, -0.2) is 0 Å². The summed E-state index contributed by atoms with van der Waals surface area (Å²) < 4.78 is 10.3. The van der Waals surface area contributed by atoms with E-state index in [-0.39, 0.29) is 24.4 Å². The van der Waals surface area contributed by atoms with Crippen molar-refractivity contribution in [3.63, 3.8) is 0 Å². The summed E-state index contributed by atoms with van der Waals surface area (Å²) in [6, 6.07) is 5.22. The van der Waals surface area contributed by atoms with Gasteiger partial charge in [-0.1, -0.05) is 0 Å². The van der Waals surface area contributed by atoms with Gasteiger partial charge in [0.15, 0.2) is 0 Å². The number of nitrogens with one attached hydrogen (secondary N) is 2. The molecule has 6 heteroatoms. The van der Waals surface area contributed by atoms with E-state index in [1.165, 1.54) is 0 Å². The molecule has 1 aromatic carbocycles. The molecule has 5 nitrogen and oxygen atoms in total. The number of carbonyl (C=O) groups excluding carboxylic acids is 1. The minimum Gasteiger partial charge on any atom is -0.497 e. The van der Waals surface area contributed by atoms with E-state index in [2.05, 4.69) is 10.6 Å². The Hall–Kier alpha value is -1.46. The van der Waals surface area contributed by atoms with E-state index in [1.54, 1.807) is 32.4 Å². The minimum atomic E-state index is -0.0952. The van der Waals surface area contributed by atoms with Crippen molar-refractivity contribution in [3.05, 3.63) is 18.2 Å². The van der Waals surface area contributed by atoms with E-state index >= 15 is 0 Å². The van der Waals surface area contributed by atoms with Crippen LogP contribution >= 0.6 is 12.4 Å². The number of hydrogen-bond donors (Lipinski definition) is 2. The second-order valence-corrected chi connectivity index (χ2v) is 4.24. The molecule has 1 amide bonds. The first-order valence-corrected chi connectivity index (χ1v) is 6.00. The molecule has 0 spiro atoms. The molecule has 1 heterocycles. The van der Waals surface area contributed by atoms with Crippen LogP contribution in [0.15, 0.2) is 18.2 Å². The molecule has 1 unspecified atom stereocenters. The van der Waals surface area contributed by atoms with E-state index in [4.69, 9.17) is 9.47 Å². The molecule has 0 bridgehead atoms. The highest BCUT2D eigenvalue weighted by Gasteiger charge is 2.22. The lowest BCUT2D eigenvalue weighted by molar-refractivity contribution is -0.117. The number of benzene rings is 1. The average molecular weight is 287 g/mol. The van der Waals surface area contributed by atoms with E-state index in [0.717, 1.165) is 19.4 Å². The van der Waals surface area contributed by atoms with Gasteiger partial charge >= 0.3 is 0 Å². The molecule has 0 radical (unpaired) electrons. The SMILES string of the molecule is COc1cc(NC(=O)C2CCCN2)cc(OC)c1.Cl. The fourth-order valence-electron chi connectivity index (χ4n) is 2.02.